The van der Waals surface area contributed by atoms with E-state index in [-0.39, 0.29) is 38.6 Å². The third-order valence-electron chi connectivity index (χ3n) is 3.50. The molecular formula is C21H38O7. The summed E-state index contributed by atoms with van der Waals surface area (Å²) < 4.78 is 15.4. The summed E-state index contributed by atoms with van der Waals surface area (Å²) in [6.07, 6.45) is 0.241. The van der Waals surface area contributed by atoms with Crippen LogP contribution in [0, 0.1) is 11.8 Å². The van der Waals surface area contributed by atoms with E-state index < -0.39 is 11.9 Å². The van der Waals surface area contributed by atoms with Crippen LogP contribution in [-0.4, -0.2) is 60.8 Å². The van der Waals surface area contributed by atoms with Gasteiger partial charge in [0.25, 0.3) is 0 Å². The Labute approximate surface area is 169 Å². The first-order valence-corrected chi connectivity index (χ1v) is 9.46. The van der Waals surface area contributed by atoms with Gasteiger partial charge in [-0.1, -0.05) is 27.0 Å². The molecule has 0 aromatic carbocycles. The molecule has 4 unspecified atom stereocenters. The molecule has 0 aliphatic heterocycles. The van der Waals surface area contributed by atoms with Crippen molar-refractivity contribution in [1.29, 1.82) is 0 Å². The summed E-state index contributed by atoms with van der Waals surface area (Å²) in [5, 5.41) is 17.2. The van der Waals surface area contributed by atoms with Crippen molar-refractivity contribution in [2.45, 2.75) is 60.2 Å². The minimum Gasteiger partial charge on any atom is -0.460 e. The van der Waals surface area contributed by atoms with Crippen molar-refractivity contribution < 1.29 is 34.0 Å². The summed E-state index contributed by atoms with van der Waals surface area (Å²) in [5.41, 5.74) is 0.686. The first-order chi connectivity index (χ1) is 12.9. The molecule has 0 saturated carbocycles. The van der Waals surface area contributed by atoms with Gasteiger partial charge in [-0.3, -0.25) is 0 Å². The lowest BCUT2D eigenvalue weighted by Crippen LogP contribution is -2.26. The van der Waals surface area contributed by atoms with Crippen molar-refractivity contribution in [3.05, 3.63) is 24.3 Å². The molecule has 28 heavy (non-hydrogen) atoms. The molecule has 0 heterocycles. The Kier molecular flexibility index (Phi) is 16.6. The van der Waals surface area contributed by atoms with Gasteiger partial charge in [0.1, 0.15) is 12.7 Å². The Bertz CT molecular complexity index is 479. The van der Waals surface area contributed by atoms with Crippen LogP contribution in [0.25, 0.3) is 0 Å². The lowest BCUT2D eigenvalue weighted by Gasteiger charge is -2.17. The van der Waals surface area contributed by atoms with E-state index in [1.54, 1.807) is 27.7 Å². The van der Waals surface area contributed by atoms with Crippen LogP contribution in [0.2, 0.25) is 0 Å². The van der Waals surface area contributed by atoms with Crippen LogP contribution in [0.1, 0.15) is 48.0 Å². The van der Waals surface area contributed by atoms with Crippen molar-refractivity contribution in [2.24, 2.45) is 11.8 Å². The molecule has 2 N–H and O–H groups in total. The molecule has 0 fully saturated rings. The van der Waals surface area contributed by atoms with Crippen molar-refractivity contribution in [1.82, 2.24) is 0 Å². The fraction of sp³-hybridized carbons (Fsp3) is 0.714. The molecule has 0 aliphatic rings. The summed E-state index contributed by atoms with van der Waals surface area (Å²) in [6.45, 7) is 18.4. The number of aliphatic hydroxyl groups excluding tert-OH is 2. The third kappa shape index (κ3) is 16.5. The molecule has 0 saturated heterocycles. The minimum atomic E-state index is -0.447. The van der Waals surface area contributed by atoms with E-state index in [2.05, 4.69) is 13.2 Å². The Morgan fingerprint density at radius 1 is 0.821 bits per heavy atom. The zero-order chi connectivity index (χ0) is 22.3. The van der Waals surface area contributed by atoms with Crippen molar-refractivity contribution >= 4 is 11.9 Å². The highest BCUT2D eigenvalue weighted by atomic mass is 16.6. The average Bonchev–Trinajstić information content (AvgIpc) is 2.64. The lowest BCUT2D eigenvalue weighted by molar-refractivity contribution is -0.149. The van der Waals surface area contributed by atoms with Crippen LogP contribution in [0.15, 0.2) is 24.3 Å². The van der Waals surface area contributed by atoms with Crippen molar-refractivity contribution in [3.63, 3.8) is 0 Å². The summed E-state index contributed by atoms with van der Waals surface area (Å²) in [5.74, 6) is -0.242. The minimum absolute atomic E-state index is 0.132. The fourth-order valence-electron chi connectivity index (χ4n) is 1.82. The van der Waals surface area contributed by atoms with Crippen molar-refractivity contribution in [3.8, 4) is 0 Å². The largest absolute Gasteiger partial charge is 0.460 e. The second kappa shape index (κ2) is 16.3. The zero-order valence-electron chi connectivity index (χ0n) is 18.2. The normalized spacial score (nSPS) is 14.6. The predicted molar refractivity (Wildman–Crippen MR) is 109 cm³/mol. The number of esters is 2. The van der Waals surface area contributed by atoms with E-state index in [0.717, 1.165) is 6.42 Å². The van der Waals surface area contributed by atoms with E-state index in [4.69, 9.17) is 24.4 Å². The highest BCUT2D eigenvalue weighted by Gasteiger charge is 2.13. The van der Waals surface area contributed by atoms with Gasteiger partial charge in [0.15, 0.2) is 0 Å². The van der Waals surface area contributed by atoms with Crippen LogP contribution in [0.3, 0.4) is 0 Å². The molecule has 0 aromatic heterocycles. The summed E-state index contributed by atoms with van der Waals surface area (Å²) in [7, 11) is 0. The maximum atomic E-state index is 11.2. The molecule has 0 rings (SSSR count). The summed E-state index contributed by atoms with van der Waals surface area (Å²) in [6, 6.07) is 0. The molecule has 0 amide bonds. The SMILES string of the molecule is C=C(C)C(=O)OCC(C)OCC(C)OC(=O)C(=C)C.CC(CO)CC(C)CO. The van der Waals surface area contributed by atoms with Gasteiger partial charge in [0, 0.05) is 24.4 Å². The van der Waals surface area contributed by atoms with Gasteiger partial charge in [0.2, 0.25) is 0 Å². The first kappa shape index (κ1) is 28.5. The quantitative estimate of drug-likeness (QED) is 0.382. The standard InChI is InChI=1S/C14H22O5.C7H16O2/c1-9(2)13(15)18-7-11(5)17-8-12(6)19-14(16)10(3)4;1-6(4-8)3-7(2)5-9/h11-12H,1,3,7-8H2,2,4-6H3;6-9H,3-5H2,1-2H3. The van der Waals surface area contributed by atoms with E-state index in [1.165, 1.54) is 0 Å². The van der Waals surface area contributed by atoms with Crippen molar-refractivity contribution in [2.75, 3.05) is 26.4 Å². The maximum Gasteiger partial charge on any atom is 0.333 e. The molecule has 7 nitrogen and oxygen atoms in total. The molecule has 0 aliphatic carbocycles. The Balaban J connectivity index is 0. The topological polar surface area (TPSA) is 102 Å². The van der Waals surface area contributed by atoms with Crippen LogP contribution in [0.4, 0.5) is 0 Å². The number of rotatable bonds is 12. The average molecular weight is 403 g/mol. The Hall–Kier alpha value is -1.70. The number of ether oxygens (including phenoxy) is 3. The molecule has 0 radical (unpaired) electrons. The predicted octanol–water partition coefficient (Wildman–Crippen LogP) is 2.65. The smallest absolute Gasteiger partial charge is 0.333 e. The molecule has 0 aromatic rings. The Morgan fingerprint density at radius 2 is 1.29 bits per heavy atom. The van der Waals surface area contributed by atoms with Gasteiger partial charge in [-0.15, -0.1) is 0 Å². The fourth-order valence-corrected chi connectivity index (χ4v) is 1.82. The third-order valence-corrected chi connectivity index (χ3v) is 3.50. The van der Waals surface area contributed by atoms with E-state index >= 15 is 0 Å². The first-order valence-electron chi connectivity index (χ1n) is 9.46. The van der Waals surface area contributed by atoms with Gasteiger partial charge < -0.3 is 24.4 Å². The summed E-state index contributed by atoms with van der Waals surface area (Å²) >= 11 is 0. The highest BCUT2D eigenvalue weighted by molar-refractivity contribution is 5.87. The van der Waals surface area contributed by atoms with Gasteiger partial charge in [-0.05, 0) is 46.0 Å². The monoisotopic (exact) mass is 402 g/mol. The molecule has 7 heteroatoms. The van der Waals surface area contributed by atoms with Crippen LogP contribution >= 0.6 is 0 Å². The van der Waals surface area contributed by atoms with E-state index in [0.29, 0.717) is 23.0 Å². The zero-order valence-corrected chi connectivity index (χ0v) is 18.2. The Morgan fingerprint density at radius 3 is 1.68 bits per heavy atom. The lowest BCUT2D eigenvalue weighted by atomic mass is 9.99. The highest BCUT2D eigenvalue weighted by Crippen LogP contribution is 2.09. The second-order valence-electron chi connectivity index (χ2n) is 7.33. The van der Waals surface area contributed by atoms with Gasteiger partial charge in [-0.2, -0.15) is 0 Å². The molecular weight excluding hydrogens is 364 g/mol. The van der Waals surface area contributed by atoms with E-state index in [1.807, 2.05) is 13.8 Å². The second-order valence-corrected chi connectivity index (χ2v) is 7.33. The van der Waals surface area contributed by atoms with Gasteiger partial charge in [-0.25, -0.2) is 9.59 Å². The number of carbonyl (C=O) groups excluding carboxylic acids is 2. The van der Waals surface area contributed by atoms with Crippen LogP contribution in [0.5, 0.6) is 0 Å². The maximum absolute atomic E-state index is 11.2. The van der Waals surface area contributed by atoms with Gasteiger partial charge in [0.05, 0.1) is 12.7 Å². The number of hydrogen-bond donors (Lipinski definition) is 2. The summed E-state index contributed by atoms with van der Waals surface area (Å²) in [4.78, 5) is 22.4. The molecule has 4 atom stereocenters. The van der Waals surface area contributed by atoms with E-state index in [9.17, 15) is 9.59 Å². The molecule has 0 bridgehead atoms. The van der Waals surface area contributed by atoms with Crippen LogP contribution in [-0.2, 0) is 23.8 Å². The molecule has 0 spiro atoms. The van der Waals surface area contributed by atoms with Gasteiger partial charge >= 0.3 is 11.9 Å². The molecule has 164 valence electrons. The number of carbonyl (C=O) groups is 2. The number of aliphatic hydroxyl groups is 2. The number of hydrogen-bond acceptors (Lipinski definition) is 7. The van der Waals surface area contributed by atoms with Crippen LogP contribution < -0.4 is 0 Å².